The van der Waals surface area contributed by atoms with Crippen LogP contribution >= 0.6 is 91.4 Å². The summed E-state index contributed by atoms with van der Waals surface area (Å²) >= 11 is 26.7. The van der Waals surface area contributed by atoms with E-state index in [1.807, 2.05) is 0 Å². The molecule has 0 aliphatic carbocycles. The average molecular weight is 393 g/mol. The van der Waals surface area contributed by atoms with Crippen molar-refractivity contribution in [3.63, 3.8) is 0 Å². The van der Waals surface area contributed by atoms with E-state index in [0.717, 1.165) is 23.1 Å². The third kappa shape index (κ3) is 3.59. The van der Waals surface area contributed by atoms with Crippen LogP contribution in [0.15, 0.2) is 16.8 Å². The maximum absolute atomic E-state index is 5.21. The first-order valence-corrected chi connectivity index (χ1v) is 10.6. The van der Waals surface area contributed by atoms with Gasteiger partial charge in [-0.05, 0) is 21.6 Å². The van der Waals surface area contributed by atoms with Gasteiger partial charge in [0.1, 0.15) is 0 Å². The molecule has 0 aliphatic rings. The third-order valence-corrected chi connectivity index (χ3v) is 11.1. The fourth-order valence-corrected chi connectivity index (χ4v) is 11.1. The molecule has 2 aromatic rings. The molecule has 0 spiro atoms. The fraction of sp³-hybridized carbons (Fsp3) is 0. The van der Waals surface area contributed by atoms with Crippen LogP contribution in [-0.4, -0.2) is 0 Å². The van der Waals surface area contributed by atoms with Crippen molar-refractivity contribution < 1.29 is 0 Å². The summed E-state index contributed by atoms with van der Waals surface area (Å²) in [4.78, 5) is 0. The van der Waals surface area contributed by atoms with Gasteiger partial charge in [0, 0.05) is 0 Å². The maximum Gasteiger partial charge on any atom is 0.0602 e. The van der Waals surface area contributed by atoms with Crippen molar-refractivity contribution in [3.05, 3.63) is 6.28 Å². The van der Waals surface area contributed by atoms with Crippen LogP contribution < -0.4 is 0 Å². The highest BCUT2D eigenvalue weighted by atomic mass is 33.1. The lowest BCUT2D eigenvalue weighted by molar-refractivity contribution is 1.54. The molecule has 0 aromatic carbocycles. The van der Waals surface area contributed by atoms with Crippen LogP contribution in [0.5, 0.6) is 0 Å². The van der Waals surface area contributed by atoms with E-state index in [-0.39, 0.29) is 0 Å². The SMILES string of the molecule is S=c1sc([S-])c(SSc2sc(=S)sc2[S-])s1. The summed E-state index contributed by atoms with van der Waals surface area (Å²) in [6, 6.07) is 0. The molecule has 0 fully saturated rings. The molecule has 2 aromatic heterocycles. The van der Waals surface area contributed by atoms with Crippen molar-refractivity contribution in [3.8, 4) is 0 Å². The van der Waals surface area contributed by atoms with Crippen molar-refractivity contribution in [1.29, 1.82) is 0 Å². The number of rotatable bonds is 3. The van der Waals surface area contributed by atoms with Crippen molar-refractivity contribution in [2.75, 3.05) is 0 Å². The van der Waals surface area contributed by atoms with Crippen LogP contribution in [0.3, 0.4) is 0 Å². The highest BCUT2D eigenvalue weighted by molar-refractivity contribution is 8.77. The molecular weight excluding hydrogens is 393 g/mol. The molecule has 0 saturated carbocycles. The molecule has 2 rings (SSSR count). The van der Waals surface area contributed by atoms with Gasteiger partial charge in [0.05, 0.1) is 14.7 Å². The predicted octanol–water partition coefficient (Wildman–Crippen LogP) is 6.00. The van der Waals surface area contributed by atoms with E-state index in [4.69, 9.17) is 49.7 Å². The molecule has 10 heteroatoms. The summed E-state index contributed by atoms with van der Waals surface area (Å²) in [5.74, 6) is 0. The van der Waals surface area contributed by atoms with Gasteiger partial charge in [-0.2, -0.15) is 0 Å². The second kappa shape index (κ2) is 6.22. The topological polar surface area (TPSA) is 0 Å². The van der Waals surface area contributed by atoms with E-state index in [1.165, 1.54) is 22.7 Å². The molecule has 0 saturated heterocycles. The highest BCUT2D eigenvalue weighted by Crippen LogP contribution is 2.47. The minimum atomic E-state index is 0.872. The third-order valence-electron chi connectivity index (χ3n) is 1.23. The standard InChI is InChI=1S/C6H2S10/c7-1-3(13-5(9)11-1)15-16-4-2(8)12-6(10)14-4/h7-8H/p-2. The molecule has 0 amide bonds. The summed E-state index contributed by atoms with van der Waals surface area (Å²) in [6.45, 7) is 0. The quantitative estimate of drug-likeness (QED) is 0.354. The van der Waals surface area contributed by atoms with Crippen molar-refractivity contribution in [2.45, 2.75) is 16.8 Å². The molecule has 0 bridgehead atoms. The molecule has 0 atom stereocenters. The minimum Gasteiger partial charge on any atom is -0.426 e. The Kier molecular flexibility index (Phi) is 5.48. The van der Waals surface area contributed by atoms with E-state index in [9.17, 15) is 0 Å². The van der Waals surface area contributed by atoms with Gasteiger partial charge in [0.25, 0.3) is 0 Å². The lowest BCUT2D eigenvalue weighted by atomic mass is 11.1. The number of hydrogen-bond donors (Lipinski definition) is 0. The predicted molar refractivity (Wildman–Crippen MR) is 89.0 cm³/mol. The van der Waals surface area contributed by atoms with Crippen molar-refractivity contribution >= 4 is 117 Å². The van der Waals surface area contributed by atoms with Gasteiger partial charge in [-0.3, -0.25) is 0 Å². The van der Waals surface area contributed by atoms with Gasteiger partial charge < -0.3 is 47.9 Å². The normalized spacial score (nSPS) is 10.8. The zero-order valence-corrected chi connectivity index (χ0v) is 15.2. The van der Waals surface area contributed by atoms with E-state index in [2.05, 4.69) is 0 Å². The lowest BCUT2D eigenvalue weighted by Gasteiger charge is -2.03. The Hall–Kier alpha value is 1.68. The monoisotopic (exact) mass is 392 g/mol. The lowest BCUT2D eigenvalue weighted by Crippen LogP contribution is -1.63. The summed E-state index contributed by atoms with van der Waals surface area (Å²) in [5.41, 5.74) is 0. The van der Waals surface area contributed by atoms with Gasteiger partial charge >= 0.3 is 0 Å². The van der Waals surface area contributed by atoms with Gasteiger partial charge in [-0.1, -0.05) is 32.9 Å². The Bertz CT molecular complexity index is 539. The first-order chi connectivity index (χ1) is 7.56. The van der Waals surface area contributed by atoms with E-state index in [1.54, 1.807) is 44.3 Å². The summed E-state index contributed by atoms with van der Waals surface area (Å²) in [7, 11) is 3.25. The van der Waals surface area contributed by atoms with Gasteiger partial charge in [0.15, 0.2) is 0 Å². The van der Waals surface area contributed by atoms with E-state index >= 15 is 0 Å². The van der Waals surface area contributed by atoms with Crippen molar-refractivity contribution in [1.82, 2.24) is 0 Å². The highest BCUT2D eigenvalue weighted by Gasteiger charge is 2.02. The minimum absolute atomic E-state index is 0.872. The van der Waals surface area contributed by atoms with Gasteiger partial charge in [-0.25, -0.2) is 0 Å². The zero-order chi connectivity index (χ0) is 11.7. The second-order valence-corrected chi connectivity index (χ2v) is 12.7. The molecular formula is C6S10-2. The van der Waals surface area contributed by atoms with E-state index in [0.29, 0.717) is 0 Å². The average Bonchev–Trinajstić information content (AvgIpc) is 2.66. The van der Waals surface area contributed by atoms with Crippen LogP contribution in [-0.2, 0) is 25.3 Å². The Morgan fingerprint density at radius 2 is 1.12 bits per heavy atom. The van der Waals surface area contributed by atoms with Crippen molar-refractivity contribution in [2.24, 2.45) is 0 Å². The zero-order valence-electron chi connectivity index (χ0n) is 7.08. The summed E-state index contributed by atoms with van der Waals surface area (Å²) in [6.07, 6.45) is 0. The molecule has 16 heavy (non-hydrogen) atoms. The van der Waals surface area contributed by atoms with E-state index < -0.39 is 0 Å². The summed E-state index contributed by atoms with van der Waals surface area (Å²) in [5, 5.41) is 0. The Morgan fingerprint density at radius 1 is 0.750 bits per heavy atom. The first kappa shape index (κ1) is 14.1. The van der Waals surface area contributed by atoms with Crippen LogP contribution in [0.2, 0.25) is 0 Å². The fourth-order valence-electron chi connectivity index (χ4n) is 0.689. The largest absolute Gasteiger partial charge is 0.426 e. The maximum atomic E-state index is 5.21. The smallest absolute Gasteiger partial charge is 0.0602 e. The van der Waals surface area contributed by atoms with Gasteiger partial charge in [-0.15, -0.1) is 22.7 Å². The number of hydrogen-bond acceptors (Lipinski definition) is 10. The second-order valence-electron chi connectivity index (χ2n) is 2.22. The molecule has 86 valence electrons. The molecule has 0 aliphatic heterocycles. The molecule has 0 nitrogen and oxygen atoms in total. The Labute approximate surface area is 138 Å². The molecule has 2 heterocycles. The van der Waals surface area contributed by atoms with Crippen LogP contribution in [0.4, 0.5) is 0 Å². The van der Waals surface area contributed by atoms with Gasteiger partial charge in [0.2, 0.25) is 0 Å². The Balaban J connectivity index is 2.13. The van der Waals surface area contributed by atoms with Crippen LogP contribution in [0.25, 0.3) is 0 Å². The Morgan fingerprint density at radius 3 is 1.38 bits per heavy atom. The summed E-state index contributed by atoms with van der Waals surface area (Å²) < 4.78 is 5.69. The molecule has 0 radical (unpaired) electrons. The first-order valence-electron chi connectivity index (χ1n) is 3.52. The molecule has 0 unspecified atom stereocenters. The van der Waals surface area contributed by atoms with Crippen LogP contribution in [0, 0.1) is 6.28 Å². The van der Waals surface area contributed by atoms with Crippen LogP contribution in [0.1, 0.15) is 0 Å². The molecule has 0 N–H and O–H groups in total.